The molecule has 0 fully saturated rings. The second-order valence-electron chi connectivity index (χ2n) is 3.12. The van der Waals surface area contributed by atoms with Gasteiger partial charge in [-0.05, 0) is 18.2 Å². The lowest BCUT2D eigenvalue weighted by Gasteiger charge is -1.98. The number of aromatic carboxylic acids is 1. The molecule has 17 heavy (non-hydrogen) atoms. The van der Waals surface area contributed by atoms with E-state index < -0.39 is 5.97 Å². The number of carboxylic acid groups (broad SMARTS) is 1. The molecule has 5 N–H and O–H groups in total. The van der Waals surface area contributed by atoms with Gasteiger partial charge < -0.3 is 16.6 Å². The summed E-state index contributed by atoms with van der Waals surface area (Å²) >= 11 is 0. The number of hydrogen-bond donors (Lipinski definition) is 3. The highest BCUT2D eigenvalue weighted by molar-refractivity contribution is 5.88. The fraction of sp³-hybridized carbons (Fsp3) is 0.154. The van der Waals surface area contributed by atoms with Crippen LogP contribution >= 0.6 is 0 Å². The number of hydrogen-bond acceptors (Lipinski definition) is 3. The number of carboxylic acids is 1. The summed E-state index contributed by atoms with van der Waals surface area (Å²) in [7, 11) is 0. The van der Waals surface area contributed by atoms with E-state index in [4.69, 9.17) is 16.6 Å². The van der Waals surface area contributed by atoms with Gasteiger partial charge in [-0.15, -0.1) is 0 Å². The zero-order valence-electron chi connectivity index (χ0n) is 9.16. The van der Waals surface area contributed by atoms with Gasteiger partial charge in [-0.3, -0.25) is 0 Å². The molecule has 0 spiro atoms. The molecular formula is C13H12N2O2. The van der Waals surface area contributed by atoms with Gasteiger partial charge in [0.25, 0.3) is 0 Å². The normalized spacial score (nSPS) is 8.59. The van der Waals surface area contributed by atoms with E-state index in [9.17, 15) is 4.79 Å². The van der Waals surface area contributed by atoms with Crippen molar-refractivity contribution in [3.05, 3.63) is 34.9 Å². The molecule has 0 amide bonds. The average molecular weight is 228 g/mol. The van der Waals surface area contributed by atoms with Gasteiger partial charge in [0.15, 0.2) is 0 Å². The molecule has 86 valence electrons. The van der Waals surface area contributed by atoms with E-state index in [0.29, 0.717) is 11.1 Å². The maximum Gasteiger partial charge on any atom is 0.335 e. The summed E-state index contributed by atoms with van der Waals surface area (Å²) in [4.78, 5) is 10.9. The molecular weight excluding hydrogens is 216 g/mol. The second-order valence-corrected chi connectivity index (χ2v) is 3.12. The molecule has 0 radical (unpaired) electrons. The van der Waals surface area contributed by atoms with Gasteiger partial charge in [-0.1, -0.05) is 23.7 Å². The quantitative estimate of drug-likeness (QED) is 0.590. The Labute approximate surface area is 99.6 Å². The first kappa shape index (κ1) is 12.8. The molecule has 4 nitrogen and oxygen atoms in total. The Bertz CT molecular complexity index is 502. The molecule has 0 heterocycles. The largest absolute Gasteiger partial charge is 0.478 e. The van der Waals surface area contributed by atoms with Crippen molar-refractivity contribution >= 4 is 5.97 Å². The Hall–Kier alpha value is -2.27. The van der Waals surface area contributed by atoms with Crippen molar-refractivity contribution in [1.82, 2.24) is 0 Å². The van der Waals surface area contributed by atoms with Gasteiger partial charge in [-0.25, -0.2) is 4.79 Å². The van der Waals surface area contributed by atoms with Crippen molar-refractivity contribution < 1.29 is 9.90 Å². The number of carbonyl (C=O) groups is 1. The fourth-order valence-electron chi connectivity index (χ4n) is 1.20. The van der Waals surface area contributed by atoms with Crippen molar-refractivity contribution in [2.24, 2.45) is 11.5 Å². The molecule has 1 aromatic rings. The Kier molecular flexibility index (Phi) is 4.77. The molecule has 4 heteroatoms. The van der Waals surface area contributed by atoms with Gasteiger partial charge in [0.1, 0.15) is 0 Å². The van der Waals surface area contributed by atoms with Gasteiger partial charge in [0, 0.05) is 11.1 Å². The molecule has 0 aliphatic carbocycles. The van der Waals surface area contributed by atoms with Crippen LogP contribution in [-0.4, -0.2) is 24.2 Å². The van der Waals surface area contributed by atoms with E-state index in [2.05, 4.69) is 23.7 Å². The molecule has 0 bridgehead atoms. The van der Waals surface area contributed by atoms with Gasteiger partial charge in [-0.2, -0.15) is 0 Å². The summed E-state index contributed by atoms with van der Waals surface area (Å²) in [5.74, 6) is 9.87. The fourth-order valence-corrected chi connectivity index (χ4v) is 1.20. The van der Waals surface area contributed by atoms with Crippen LogP contribution in [0.2, 0.25) is 0 Å². The van der Waals surface area contributed by atoms with E-state index in [1.54, 1.807) is 6.07 Å². The molecule has 0 aliphatic rings. The topological polar surface area (TPSA) is 89.3 Å². The SMILES string of the molecule is NCC#Cc1cc(C#CCN)cc(C(=O)O)c1. The minimum absolute atomic E-state index is 0.148. The van der Waals surface area contributed by atoms with E-state index in [1.807, 2.05) is 0 Å². The summed E-state index contributed by atoms with van der Waals surface area (Å²) in [5.41, 5.74) is 11.8. The standard InChI is InChI=1S/C13H12N2O2/c14-5-1-3-10-7-11(4-2-6-15)9-12(8-10)13(16)17/h7-9H,5-6,14-15H2,(H,16,17). The van der Waals surface area contributed by atoms with E-state index in [1.165, 1.54) is 12.1 Å². The van der Waals surface area contributed by atoms with Crippen LogP contribution in [0.4, 0.5) is 0 Å². The molecule has 0 saturated heterocycles. The molecule has 0 unspecified atom stereocenters. The van der Waals surface area contributed by atoms with Crippen molar-refractivity contribution in [1.29, 1.82) is 0 Å². The Morgan fingerprint density at radius 3 is 1.88 bits per heavy atom. The van der Waals surface area contributed by atoms with Crippen LogP contribution < -0.4 is 11.5 Å². The van der Waals surface area contributed by atoms with Crippen LogP contribution in [0, 0.1) is 23.7 Å². The molecule has 1 rings (SSSR count). The molecule has 0 aromatic heterocycles. The third kappa shape index (κ3) is 4.00. The number of benzene rings is 1. The highest BCUT2D eigenvalue weighted by atomic mass is 16.4. The van der Waals surface area contributed by atoms with Crippen LogP contribution in [0.15, 0.2) is 18.2 Å². The van der Waals surface area contributed by atoms with Crippen molar-refractivity contribution in [3.63, 3.8) is 0 Å². The highest BCUT2D eigenvalue weighted by Crippen LogP contribution is 2.09. The predicted octanol–water partition coefficient (Wildman–Crippen LogP) is 0.00520. The lowest BCUT2D eigenvalue weighted by molar-refractivity contribution is 0.0697. The van der Waals surface area contributed by atoms with Crippen LogP contribution in [-0.2, 0) is 0 Å². The highest BCUT2D eigenvalue weighted by Gasteiger charge is 2.04. The van der Waals surface area contributed by atoms with Gasteiger partial charge in [0.05, 0.1) is 18.7 Å². The third-order valence-corrected chi connectivity index (χ3v) is 1.85. The molecule has 0 aliphatic heterocycles. The monoisotopic (exact) mass is 228 g/mol. The zero-order chi connectivity index (χ0) is 12.7. The zero-order valence-corrected chi connectivity index (χ0v) is 9.16. The molecule has 0 saturated carbocycles. The second kappa shape index (κ2) is 6.34. The lowest BCUT2D eigenvalue weighted by atomic mass is 10.1. The maximum absolute atomic E-state index is 10.9. The first-order chi connectivity index (χ1) is 8.17. The first-order valence-electron chi connectivity index (χ1n) is 4.93. The summed E-state index contributed by atoms with van der Waals surface area (Å²) in [6.45, 7) is 0.447. The average Bonchev–Trinajstić information content (AvgIpc) is 2.33. The Morgan fingerprint density at radius 2 is 1.53 bits per heavy atom. The van der Waals surface area contributed by atoms with Gasteiger partial charge >= 0.3 is 5.97 Å². The smallest absolute Gasteiger partial charge is 0.335 e. The van der Waals surface area contributed by atoms with Crippen molar-refractivity contribution in [2.75, 3.05) is 13.1 Å². The van der Waals surface area contributed by atoms with Crippen LogP contribution in [0.5, 0.6) is 0 Å². The Morgan fingerprint density at radius 1 is 1.06 bits per heavy atom. The van der Waals surface area contributed by atoms with Crippen LogP contribution in [0.3, 0.4) is 0 Å². The lowest BCUT2D eigenvalue weighted by Crippen LogP contribution is -1.99. The van der Waals surface area contributed by atoms with E-state index in [-0.39, 0.29) is 18.7 Å². The summed E-state index contributed by atoms with van der Waals surface area (Å²) in [5, 5.41) is 8.94. The van der Waals surface area contributed by atoms with Crippen molar-refractivity contribution in [2.45, 2.75) is 0 Å². The number of nitrogens with two attached hydrogens (primary N) is 2. The predicted molar refractivity (Wildman–Crippen MR) is 65.3 cm³/mol. The molecule has 1 aromatic carbocycles. The summed E-state index contributed by atoms with van der Waals surface area (Å²) in [6, 6.07) is 4.68. The first-order valence-corrected chi connectivity index (χ1v) is 4.93. The molecule has 0 atom stereocenters. The number of rotatable bonds is 1. The van der Waals surface area contributed by atoms with Crippen molar-refractivity contribution in [3.8, 4) is 23.7 Å². The summed E-state index contributed by atoms with van der Waals surface area (Å²) < 4.78 is 0. The van der Waals surface area contributed by atoms with Gasteiger partial charge in [0.2, 0.25) is 0 Å². The van der Waals surface area contributed by atoms with E-state index >= 15 is 0 Å². The maximum atomic E-state index is 10.9. The summed E-state index contributed by atoms with van der Waals surface area (Å²) in [6.07, 6.45) is 0. The van der Waals surface area contributed by atoms with Crippen LogP contribution in [0.1, 0.15) is 21.5 Å². The minimum Gasteiger partial charge on any atom is -0.478 e. The Balaban J connectivity index is 3.23. The van der Waals surface area contributed by atoms with E-state index in [0.717, 1.165) is 0 Å². The third-order valence-electron chi connectivity index (χ3n) is 1.85. The minimum atomic E-state index is -1.02. The van der Waals surface area contributed by atoms with Crippen LogP contribution in [0.25, 0.3) is 0 Å².